The summed E-state index contributed by atoms with van der Waals surface area (Å²) in [5.41, 5.74) is -2.74. The Morgan fingerprint density at radius 3 is 1.91 bits per heavy atom. The number of carboxylic acids is 1. The molecule has 0 aliphatic heterocycles. The van der Waals surface area contributed by atoms with Crippen LogP contribution in [-0.2, 0) is 12.4 Å². The average Bonchev–Trinajstić information content (AvgIpc) is 2.83. The van der Waals surface area contributed by atoms with Crippen molar-refractivity contribution in [3.8, 4) is 11.5 Å². The van der Waals surface area contributed by atoms with E-state index < -0.39 is 41.2 Å². The zero-order chi connectivity index (χ0) is 16.7. The molecule has 0 saturated heterocycles. The molecule has 10 heteroatoms. The average molecular weight is 324 g/mol. The first-order chi connectivity index (χ1) is 10.00. The van der Waals surface area contributed by atoms with E-state index in [1.807, 2.05) is 0 Å². The Bertz CT molecular complexity index is 699. The van der Waals surface area contributed by atoms with E-state index in [0.717, 1.165) is 12.1 Å². The standard InChI is InChI=1S/C12H5F6NO3/c13-11(14,15)6-3-1-5(2-4-6)9-19-7(10(20)21)8(22-9)12(16,17)18/h1-4H,(H,20,21)/p-1. The quantitative estimate of drug-likeness (QED) is 0.797. The van der Waals surface area contributed by atoms with E-state index in [1.165, 1.54) is 0 Å². The Morgan fingerprint density at radius 1 is 1.00 bits per heavy atom. The van der Waals surface area contributed by atoms with Gasteiger partial charge in [0, 0.05) is 5.56 Å². The van der Waals surface area contributed by atoms with Gasteiger partial charge in [0.2, 0.25) is 11.7 Å². The molecule has 0 fully saturated rings. The number of oxazole rings is 1. The van der Waals surface area contributed by atoms with Gasteiger partial charge in [0.1, 0.15) is 5.69 Å². The van der Waals surface area contributed by atoms with E-state index in [9.17, 15) is 36.2 Å². The molecular weight excluding hydrogens is 320 g/mol. The summed E-state index contributed by atoms with van der Waals surface area (Å²) in [6.45, 7) is 0. The summed E-state index contributed by atoms with van der Waals surface area (Å²) in [6, 6.07) is 2.83. The van der Waals surface area contributed by atoms with Crippen molar-refractivity contribution in [1.29, 1.82) is 0 Å². The first-order valence-corrected chi connectivity index (χ1v) is 5.47. The van der Waals surface area contributed by atoms with Crippen molar-refractivity contribution in [2.45, 2.75) is 12.4 Å². The third-order valence-corrected chi connectivity index (χ3v) is 2.54. The van der Waals surface area contributed by atoms with Crippen LogP contribution in [0.25, 0.3) is 11.5 Å². The largest absolute Gasteiger partial charge is 0.543 e. The van der Waals surface area contributed by atoms with Crippen LogP contribution in [0.4, 0.5) is 26.3 Å². The second-order valence-corrected chi connectivity index (χ2v) is 4.06. The summed E-state index contributed by atoms with van der Waals surface area (Å²) in [6.07, 6.45) is -9.75. The monoisotopic (exact) mass is 324 g/mol. The molecule has 118 valence electrons. The number of carboxylic acid groups (broad SMARTS) is 1. The van der Waals surface area contributed by atoms with Crippen molar-refractivity contribution in [1.82, 2.24) is 4.98 Å². The van der Waals surface area contributed by atoms with Gasteiger partial charge in [0.15, 0.2) is 0 Å². The summed E-state index contributed by atoms with van der Waals surface area (Å²) in [7, 11) is 0. The van der Waals surface area contributed by atoms with Gasteiger partial charge in [-0.15, -0.1) is 0 Å². The number of hydrogen-bond acceptors (Lipinski definition) is 4. The smallest absolute Gasteiger partial charge is 0.451 e. The molecule has 0 unspecified atom stereocenters. The van der Waals surface area contributed by atoms with Crippen LogP contribution in [0.15, 0.2) is 28.7 Å². The molecular formula is C12H4F6NO3-. The van der Waals surface area contributed by atoms with Gasteiger partial charge in [0.05, 0.1) is 11.5 Å². The van der Waals surface area contributed by atoms with Crippen LogP contribution in [0.5, 0.6) is 0 Å². The Hall–Kier alpha value is -2.52. The number of benzene rings is 1. The van der Waals surface area contributed by atoms with Crippen LogP contribution in [0.3, 0.4) is 0 Å². The van der Waals surface area contributed by atoms with E-state index in [2.05, 4.69) is 9.40 Å². The molecule has 0 radical (unpaired) electrons. The normalized spacial score (nSPS) is 12.5. The lowest BCUT2D eigenvalue weighted by Crippen LogP contribution is -2.25. The summed E-state index contributed by atoms with van der Waals surface area (Å²) in [4.78, 5) is 13.7. The Kier molecular flexibility index (Phi) is 3.63. The Morgan fingerprint density at radius 2 is 1.55 bits per heavy atom. The summed E-state index contributed by atoms with van der Waals surface area (Å²) in [5.74, 6) is -4.88. The molecule has 2 rings (SSSR count). The lowest BCUT2D eigenvalue weighted by molar-refractivity contribution is -0.256. The second kappa shape index (κ2) is 5.04. The number of aromatic nitrogens is 1. The number of carbonyl (C=O) groups excluding carboxylic acids is 1. The third kappa shape index (κ3) is 3.05. The maximum atomic E-state index is 12.6. The van der Waals surface area contributed by atoms with Gasteiger partial charge in [0.25, 0.3) is 0 Å². The number of rotatable bonds is 2. The van der Waals surface area contributed by atoms with Crippen molar-refractivity contribution >= 4 is 5.97 Å². The van der Waals surface area contributed by atoms with E-state index >= 15 is 0 Å². The highest BCUT2D eigenvalue weighted by molar-refractivity contribution is 5.85. The van der Waals surface area contributed by atoms with E-state index in [-0.39, 0.29) is 5.56 Å². The molecule has 0 bridgehead atoms. The maximum absolute atomic E-state index is 12.6. The summed E-state index contributed by atoms with van der Waals surface area (Å²) < 4.78 is 79.2. The topological polar surface area (TPSA) is 66.2 Å². The minimum absolute atomic E-state index is 0.244. The summed E-state index contributed by atoms with van der Waals surface area (Å²) in [5, 5.41) is 10.6. The molecule has 2 aromatic rings. The number of halogens is 6. The third-order valence-electron chi connectivity index (χ3n) is 2.54. The number of hydrogen-bond donors (Lipinski definition) is 0. The van der Waals surface area contributed by atoms with Crippen molar-refractivity contribution < 1.29 is 40.7 Å². The van der Waals surface area contributed by atoms with Crippen LogP contribution in [0, 0.1) is 0 Å². The fourth-order valence-corrected chi connectivity index (χ4v) is 1.58. The molecule has 1 aromatic heterocycles. The number of carbonyl (C=O) groups is 1. The maximum Gasteiger partial charge on any atom is 0.451 e. The molecule has 1 aromatic carbocycles. The molecule has 0 atom stereocenters. The van der Waals surface area contributed by atoms with Crippen LogP contribution in [-0.4, -0.2) is 11.0 Å². The van der Waals surface area contributed by atoms with Crippen molar-refractivity contribution in [2.24, 2.45) is 0 Å². The molecule has 0 N–H and O–H groups in total. The second-order valence-electron chi connectivity index (χ2n) is 4.06. The summed E-state index contributed by atoms with van der Waals surface area (Å²) >= 11 is 0. The highest BCUT2D eigenvalue weighted by Crippen LogP contribution is 2.36. The minimum Gasteiger partial charge on any atom is -0.543 e. The first-order valence-electron chi connectivity index (χ1n) is 5.47. The molecule has 0 spiro atoms. The predicted molar refractivity (Wildman–Crippen MR) is 56.3 cm³/mol. The van der Waals surface area contributed by atoms with Crippen LogP contribution >= 0.6 is 0 Å². The number of nitrogens with zero attached hydrogens (tertiary/aromatic N) is 1. The fourth-order valence-electron chi connectivity index (χ4n) is 1.58. The minimum atomic E-state index is -5.13. The van der Waals surface area contributed by atoms with E-state index in [0.29, 0.717) is 12.1 Å². The highest BCUT2D eigenvalue weighted by atomic mass is 19.4. The number of alkyl halides is 6. The van der Waals surface area contributed by atoms with Crippen molar-refractivity contribution in [3.63, 3.8) is 0 Å². The molecule has 22 heavy (non-hydrogen) atoms. The highest BCUT2D eigenvalue weighted by Gasteiger charge is 2.40. The van der Waals surface area contributed by atoms with Crippen LogP contribution in [0.2, 0.25) is 0 Å². The van der Waals surface area contributed by atoms with Gasteiger partial charge in [-0.1, -0.05) is 0 Å². The van der Waals surface area contributed by atoms with Gasteiger partial charge in [-0.2, -0.15) is 26.3 Å². The van der Waals surface area contributed by atoms with Gasteiger partial charge >= 0.3 is 12.4 Å². The van der Waals surface area contributed by atoms with Gasteiger partial charge in [-0.25, -0.2) is 4.98 Å². The lowest BCUT2D eigenvalue weighted by Gasteiger charge is -2.06. The zero-order valence-electron chi connectivity index (χ0n) is 10.2. The van der Waals surface area contributed by atoms with Gasteiger partial charge in [-0.3, -0.25) is 0 Å². The van der Waals surface area contributed by atoms with E-state index in [1.54, 1.807) is 0 Å². The van der Waals surface area contributed by atoms with Crippen LogP contribution < -0.4 is 5.11 Å². The fraction of sp³-hybridized carbons (Fsp3) is 0.167. The predicted octanol–water partition coefficient (Wildman–Crippen LogP) is 2.74. The molecule has 0 saturated carbocycles. The van der Waals surface area contributed by atoms with E-state index in [4.69, 9.17) is 0 Å². The lowest BCUT2D eigenvalue weighted by atomic mass is 10.1. The van der Waals surface area contributed by atoms with Gasteiger partial charge in [-0.05, 0) is 24.3 Å². The molecule has 4 nitrogen and oxygen atoms in total. The first kappa shape index (κ1) is 15.9. The Labute approximate surface area is 118 Å². The SMILES string of the molecule is O=C([O-])c1nc(-c2ccc(C(F)(F)F)cc2)oc1C(F)(F)F. The van der Waals surface area contributed by atoms with Gasteiger partial charge < -0.3 is 14.3 Å². The molecule has 0 aliphatic carbocycles. The zero-order valence-corrected chi connectivity index (χ0v) is 10.2. The number of aromatic carboxylic acids is 1. The van der Waals surface area contributed by atoms with Crippen molar-refractivity contribution in [3.05, 3.63) is 41.3 Å². The Balaban J connectivity index is 2.48. The van der Waals surface area contributed by atoms with Crippen molar-refractivity contribution in [2.75, 3.05) is 0 Å². The molecule has 1 heterocycles. The van der Waals surface area contributed by atoms with Crippen LogP contribution in [0.1, 0.15) is 21.8 Å². The molecule has 0 amide bonds. The molecule has 0 aliphatic rings.